The fourth-order valence-corrected chi connectivity index (χ4v) is 4.54. The van der Waals surface area contributed by atoms with Gasteiger partial charge in [-0.1, -0.05) is 18.2 Å². The number of benzene rings is 1. The Kier molecular flexibility index (Phi) is 4.51. The summed E-state index contributed by atoms with van der Waals surface area (Å²) in [4.78, 5) is 34.3. The molecule has 4 aliphatic rings. The molecular weight excluding hydrogens is 354 g/mol. The minimum absolute atomic E-state index is 0.0276. The second kappa shape index (κ2) is 7.17. The quantitative estimate of drug-likeness (QED) is 0.806. The predicted molar refractivity (Wildman–Crippen MR) is 106 cm³/mol. The van der Waals surface area contributed by atoms with E-state index in [1.54, 1.807) is 6.08 Å². The molecule has 146 valence electrons. The van der Waals surface area contributed by atoms with Crippen molar-refractivity contribution in [1.29, 1.82) is 0 Å². The maximum atomic E-state index is 13.3. The van der Waals surface area contributed by atoms with E-state index in [0.717, 1.165) is 25.2 Å². The van der Waals surface area contributed by atoms with E-state index in [-0.39, 0.29) is 30.6 Å². The average Bonchev–Trinajstić information content (AvgIpc) is 3.48. The molecule has 28 heavy (non-hydrogen) atoms. The Balaban J connectivity index is 1.36. The molecule has 0 spiro atoms. The van der Waals surface area contributed by atoms with Crippen LogP contribution in [0.5, 0.6) is 0 Å². The molecule has 1 saturated heterocycles. The molecular formula is C22H25N3O3. The number of hydrogen-bond acceptors (Lipinski definition) is 5. The normalized spacial score (nSPS) is 24.7. The number of ketones is 1. The van der Waals surface area contributed by atoms with E-state index in [1.807, 2.05) is 23.1 Å². The van der Waals surface area contributed by atoms with Gasteiger partial charge in [-0.05, 0) is 36.8 Å². The summed E-state index contributed by atoms with van der Waals surface area (Å²) in [5.74, 6) is 1.38. The molecule has 1 aromatic rings. The van der Waals surface area contributed by atoms with Crippen LogP contribution in [0, 0.1) is 5.92 Å². The number of hydrogen-bond donors (Lipinski definition) is 0. The van der Waals surface area contributed by atoms with Crippen LogP contribution in [0.1, 0.15) is 31.2 Å². The first-order valence-corrected chi connectivity index (χ1v) is 10.2. The predicted octanol–water partition coefficient (Wildman–Crippen LogP) is 2.33. The smallest absolute Gasteiger partial charge is 0.232 e. The topological polar surface area (TPSA) is 62.2 Å². The number of amides is 1. The van der Waals surface area contributed by atoms with E-state index in [4.69, 9.17) is 4.74 Å². The van der Waals surface area contributed by atoms with Crippen LogP contribution in [0.4, 0.5) is 5.69 Å². The van der Waals surface area contributed by atoms with E-state index < -0.39 is 0 Å². The number of carbonyl (C=O) groups is 2. The van der Waals surface area contributed by atoms with E-state index in [9.17, 15) is 9.59 Å². The first-order chi connectivity index (χ1) is 13.7. The van der Waals surface area contributed by atoms with Crippen molar-refractivity contribution in [3.8, 4) is 0 Å². The van der Waals surface area contributed by atoms with Crippen LogP contribution < -0.4 is 4.90 Å². The summed E-state index contributed by atoms with van der Waals surface area (Å²) in [6.07, 6.45) is 5.40. The molecule has 1 amide bonds. The van der Waals surface area contributed by atoms with Crippen LogP contribution in [0.3, 0.4) is 0 Å². The van der Waals surface area contributed by atoms with Crippen molar-refractivity contribution in [2.75, 3.05) is 31.2 Å². The van der Waals surface area contributed by atoms with Crippen LogP contribution in [0.2, 0.25) is 0 Å². The fourth-order valence-electron chi connectivity index (χ4n) is 4.54. The molecule has 3 heterocycles. The molecule has 5 rings (SSSR count). The van der Waals surface area contributed by atoms with Gasteiger partial charge >= 0.3 is 0 Å². The van der Waals surface area contributed by atoms with Crippen LogP contribution in [-0.4, -0.2) is 54.6 Å². The number of fused-ring (bicyclic) bond motifs is 1. The number of allylic oxidation sites excluding steroid dienone is 1. The van der Waals surface area contributed by atoms with Gasteiger partial charge in [0.15, 0.2) is 5.78 Å². The molecule has 1 aliphatic carbocycles. The molecule has 0 unspecified atom stereocenters. The fraction of sp³-hybridized carbons (Fsp3) is 0.500. The highest BCUT2D eigenvalue weighted by molar-refractivity contribution is 6.16. The Morgan fingerprint density at radius 2 is 1.96 bits per heavy atom. The van der Waals surface area contributed by atoms with E-state index in [2.05, 4.69) is 16.0 Å². The zero-order chi connectivity index (χ0) is 19.1. The zero-order valence-electron chi connectivity index (χ0n) is 16.0. The van der Waals surface area contributed by atoms with Gasteiger partial charge < -0.3 is 14.5 Å². The third-order valence-corrected chi connectivity index (χ3v) is 6.08. The van der Waals surface area contributed by atoms with Crippen molar-refractivity contribution in [3.05, 3.63) is 41.7 Å². The number of nitrogens with zero attached hydrogens (tertiary/aromatic N) is 3. The van der Waals surface area contributed by atoms with Gasteiger partial charge in [0.25, 0.3) is 0 Å². The first-order valence-electron chi connectivity index (χ1n) is 10.2. The van der Waals surface area contributed by atoms with Gasteiger partial charge in [-0.15, -0.1) is 0 Å². The maximum Gasteiger partial charge on any atom is 0.232 e. The molecule has 1 atom stereocenters. The van der Waals surface area contributed by atoms with Crippen molar-refractivity contribution in [2.45, 2.75) is 38.1 Å². The summed E-state index contributed by atoms with van der Waals surface area (Å²) in [6.45, 7) is 2.74. The van der Waals surface area contributed by atoms with Crippen LogP contribution in [-0.2, 0) is 20.7 Å². The summed E-state index contributed by atoms with van der Waals surface area (Å²) < 4.78 is 5.39. The molecule has 0 radical (unpaired) electrons. The van der Waals surface area contributed by atoms with Crippen molar-refractivity contribution in [2.24, 2.45) is 10.9 Å². The molecule has 0 aromatic heterocycles. The van der Waals surface area contributed by atoms with Gasteiger partial charge in [0.1, 0.15) is 5.82 Å². The molecule has 3 aliphatic heterocycles. The minimum Gasteiger partial charge on any atom is -0.378 e. The van der Waals surface area contributed by atoms with Gasteiger partial charge in [0, 0.05) is 43.0 Å². The van der Waals surface area contributed by atoms with Crippen molar-refractivity contribution >= 4 is 23.1 Å². The average molecular weight is 379 g/mol. The molecule has 6 nitrogen and oxygen atoms in total. The maximum absolute atomic E-state index is 13.3. The van der Waals surface area contributed by atoms with E-state index >= 15 is 0 Å². The van der Waals surface area contributed by atoms with Crippen LogP contribution in [0.25, 0.3) is 0 Å². The highest BCUT2D eigenvalue weighted by atomic mass is 16.5. The molecule has 6 heteroatoms. The Morgan fingerprint density at radius 3 is 2.75 bits per heavy atom. The lowest BCUT2D eigenvalue weighted by Gasteiger charge is -2.30. The number of rotatable bonds is 4. The number of morpholine rings is 1. The highest BCUT2D eigenvalue weighted by Gasteiger charge is 2.43. The van der Waals surface area contributed by atoms with E-state index in [1.165, 1.54) is 18.4 Å². The molecule has 0 bridgehead atoms. The number of aliphatic imine (C=N–C) groups is 1. The SMILES string of the molecule is O=C1C=C(N2CCOCC2)N=C(CC(=O)N2c3ccccc3C[C@H]2C2CC2)C1. The third kappa shape index (κ3) is 3.37. The summed E-state index contributed by atoms with van der Waals surface area (Å²) in [5, 5.41) is 0. The summed E-state index contributed by atoms with van der Waals surface area (Å²) in [7, 11) is 0. The second-order valence-electron chi connectivity index (χ2n) is 8.10. The monoisotopic (exact) mass is 379 g/mol. The van der Waals surface area contributed by atoms with Crippen molar-refractivity contribution < 1.29 is 14.3 Å². The van der Waals surface area contributed by atoms with Gasteiger partial charge in [0.05, 0.1) is 19.6 Å². The first kappa shape index (κ1) is 17.6. The van der Waals surface area contributed by atoms with E-state index in [0.29, 0.717) is 30.7 Å². The molecule has 2 fully saturated rings. The number of carbonyl (C=O) groups excluding carboxylic acids is 2. The number of anilines is 1. The van der Waals surface area contributed by atoms with Crippen LogP contribution in [0.15, 0.2) is 41.2 Å². The summed E-state index contributed by atoms with van der Waals surface area (Å²) >= 11 is 0. The largest absolute Gasteiger partial charge is 0.378 e. The second-order valence-corrected chi connectivity index (χ2v) is 8.10. The highest BCUT2D eigenvalue weighted by Crippen LogP contribution is 2.44. The number of ether oxygens (including phenoxy) is 1. The van der Waals surface area contributed by atoms with Crippen molar-refractivity contribution in [3.63, 3.8) is 0 Å². The lowest BCUT2D eigenvalue weighted by atomic mass is 10.0. The van der Waals surface area contributed by atoms with Crippen molar-refractivity contribution in [1.82, 2.24) is 4.90 Å². The van der Waals surface area contributed by atoms with Crippen LogP contribution >= 0.6 is 0 Å². The third-order valence-electron chi connectivity index (χ3n) is 6.08. The van der Waals surface area contributed by atoms with Gasteiger partial charge in [-0.3, -0.25) is 9.59 Å². The minimum atomic E-state index is 0.0276. The lowest BCUT2D eigenvalue weighted by molar-refractivity contribution is -0.117. The van der Waals surface area contributed by atoms with Gasteiger partial charge in [-0.25, -0.2) is 4.99 Å². The Morgan fingerprint density at radius 1 is 1.18 bits per heavy atom. The Labute approximate surface area is 164 Å². The van der Waals surface area contributed by atoms with Gasteiger partial charge in [0.2, 0.25) is 5.91 Å². The number of para-hydroxylation sites is 1. The summed E-state index contributed by atoms with van der Waals surface area (Å²) in [6, 6.07) is 8.47. The Hall–Kier alpha value is -2.47. The molecule has 0 N–H and O–H groups in total. The molecule has 1 aromatic carbocycles. The lowest BCUT2D eigenvalue weighted by Crippen LogP contribution is -2.41. The van der Waals surface area contributed by atoms with Gasteiger partial charge in [-0.2, -0.15) is 0 Å². The molecule has 1 saturated carbocycles. The zero-order valence-corrected chi connectivity index (χ0v) is 16.0. The standard InChI is InChI=1S/C22H25N3O3/c26-18-12-17(23-21(14-18)24-7-9-28-10-8-24)13-22(27)25-19-4-2-1-3-16(19)11-20(25)15-5-6-15/h1-4,14-15,20H,5-13H2/t20-/m0/s1. The summed E-state index contributed by atoms with van der Waals surface area (Å²) in [5.41, 5.74) is 2.97. The Bertz CT molecular complexity index is 866.